The van der Waals surface area contributed by atoms with Gasteiger partial charge in [0.1, 0.15) is 5.69 Å². The summed E-state index contributed by atoms with van der Waals surface area (Å²) in [6, 6.07) is 12.7. The Balaban J connectivity index is 1.71. The molecular formula is C21H23N5. The van der Waals surface area contributed by atoms with Crippen molar-refractivity contribution in [3.8, 4) is 11.5 Å². The number of aromatic nitrogens is 4. The number of imidazole rings is 1. The highest BCUT2D eigenvalue weighted by atomic mass is 15.1. The Morgan fingerprint density at radius 2 is 2.00 bits per heavy atom. The molecule has 0 atom stereocenters. The summed E-state index contributed by atoms with van der Waals surface area (Å²) < 4.78 is 0. The first-order valence-electron chi connectivity index (χ1n) is 9.29. The molecule has 0 unspecified atom stereocenters. The molecule has 2 N–H and O–H groups in total. The number of nitrogens with zero attached hydrogens (tertiary/aromatic N) is 3. The maximum atomic E-state index is 4.87. The zero-order chi connectivity index (χ0) is 17.9. The third-order valence-corrected chi connectivity index (χ3v) is 5.75. The first-order chi connectivity index (χ1) is 12.6. The third kappa shape index (κ3) is 2.16. The van der Waals surface area contributed by atoms with Crippen LogP contribution >= 0.6 is 0 Å². The summed E-state index contributed by atoms with van der Waals surface area (Å²) in [6.07, 6.45) is 1.17. The van der Waals surface area contributed by atoms with Crippen molar-refractivity contribution < 1.29 is 0 Å². The Bertz CT molecular complexity index is 1120. The second-order valence-corrected chi connectivity index (χ2v) is 7.80. The van der Waals surface area contributed by atoms with E-state index in [0.717, 1.165) is 46.5 Å². The largest absolute Gasteiger partial charge is 0.371 e. The molecule has 2 aromatic carbocycles. The number of nitrogens with one attached hydrogen (secondary N) is 2. The molecule has 3 heterocycles. The molecule has 0 amide bonds. The van der Waals surface area contributed by atoms with Crippen LogP contribution in [0.2, 0.25) is 0 Å². The standard InChI is InChI=1S/C21H23N5/c1-4-26-10-9-21(2,3)14-11-16-17(12-18(14)26)23-20(22-16)19-13-7-5-6-8-15(13)24-25-19/h5-8,11-12H,4,9-10H2,1-3H3,(H,22,23)(H,24,25). The number of para-hydroxylation sites is 1. The van der Waals surface area contributed by atoms with Crippen molar-refractivity contribution in [2.45, 2.75) is 32.6 Å². The lowest BCUT2D eigenvalue weighted by Crippen LogP contribution is -2.37. The van der Waals surface area contributed by atoms with Crippen LogP contribution in [-0.2, 0) is 5.41 Å². The molecule has 26 heavy (non-hydrogen) atoms. The minimum atomic E-state index is 0.180. The summed E-state index contributed by atoms with van der Waals surface area (Å²) in [5, 5.41) is 8.68. The van der Waals surface area contributed by atoms with Gasteiger partial charge >= 0.3 is 0 Å². The normalized spacial score (nSPS) is 16.3. The molecule has 0 radical (unpaired) electrons. The van der Waals surface area contributed by atoms with Gasteiger partial charge in [0, 0.05) is 24.2 Å². The van der Waals surface area contributed by atoms with E-state index in [2.05, 4.69) is 59.1 Å². The van der Waals surface area contributed by atoms with E-state index in [1.165, 1.54) is 17.7 Å². The van der Waals surface area contributed by atoms with Gasteiger partial charge in [-0.2, -0.15) is 5.10 Å². The molecule has 2 aromatic heterocycles. The van der Waals surface area contributed by atoms with Crippen LogP contribution in [0, 0.1) is 0 Å². The van der Waals surface area contributed by atoms with Gasteiger partial charge < -0.3 is 9.88 Å². The summed E-state index contributed by atoms with van der Waals surface area (Å²) in [6.45, 7) is 9.02. The fourth-order valence-electron chi connectivity index (χ4n) is 4.10. The summed E-state index contributed by atoms with van der Waals surface area (Å²) in [4.78, 5) is 10.8. The molecule has 1 aliphatic heterocycles. The van der Waals surface area contributed by atoms with Crippen molar-refractivity contribution in [1.82, 2.24) is 20.2 Å². The second kappa shape index (κ2) is 5.34. The monoisotopic (exact) mass is 345 g/mol. The molecule has 5 heteroatoms. The van der Waals surface area contributed by atoms with E-state index < -0.39 is 0 Å². The average molecular weight is 345 g/mol. The lowest BCUT2D eigenvalue weighted by atomic mass is 9.77. The van der Waals surface area contributed by atoms with E-state index in [-0.39, 0.29) is 5.41 Å². The minimum absolute atomic E-state index is 0.180. The second-order valence-electron chi connectivity index (χ2n) is 7.80. The number of rotatable bonds is 2. The molecule has 0 aliphatic carbocycles. The van der Waals surface area contributed by atoms with Crippen molar-refractivity contribution in [2.75, 3.05) is 18.0 Å². The van der Waals surface area contributed by atoms with Gasteiger partial charge in [-0.05, 0) is 42.5 Å². The lowest BCUT2D eigenvalue weighted by molar-refractivity contribution is 0.456. The summed E-state index contributed by atoms with van der Waals surface area (Å²) in [5.74, 6) is 0.820. The maximum Gasteiger partial charge on any atom is 0.159 e. The van der Waals surface area contributed by atoms with Crippen LogP contribution in [0.15, 0.2) is 36.4 Å². The summed E-state index contributed by atoms with van der Waals surface area (Å²) in [7, 11) is 0. The van der Waals surface area contributed by atoms with E-state index in [9.17, 15) is 0 Å². The molecule has 132 valence electrons. The molecule has 0 saturated carbocycles. The Labute approximate surface area is 152 Å². The van der Waals surface area contributed by atoms with Gasteiger partial charge in [-0.1, -0.05) is 32.0 Å². The van der Waals surface area contributed by atoms with Gasteiger partial charge in [0.05, 0.1) is 16.6 Å². The smallest absolute Gasteiger partial charge is 0.159 e. The van der Waals surface area contributed by atoms with E-state index in [1.807, 2.05) is 18.2 Å². The highest BCUT2D eigenvalue weighted by molar-refractivity contribution is 5.93. The highest BCUT2D eigenvalue weighted by Crippen LogP contribution is 2.41. The van der Waals surface area contributed by atoms with Gasteiger partial charge in [-0.15, -0.1) is 0 Å². The minimum Gasteiger partial charge on any atom is -0.371 e. The number of aromatic amines is 2. The van der Waals surface area contributed by atoms with Crippen molar-refractivity contribution >= 4 is 27.6 Å². The topological polar surface area (TPSA) is 60.6 Å². The lowest BCUT2D eigenvalue weighted by Gasteiger charge is -2.39. The average Bonchev–Trinajstić information content (AvgIpc) is 3.24. The highest BCUT2D eigenvalue weighted by Gasteiger charge is 2.31. The van der Waals surface area contributed by atoms with Gasteiger partial charge in [-0.25, -0.2) is 4.98 Å². The molecule has 0 bridgehead atoms. The van der Waals surface area contributed by atoms with Crippen molar-refractivity contribution in [1.29, 1.82) is 0 Å². The predicted molar refractivity (Wildman–Crippen MR) is 107 cm³/mol. The Hall–Kier alpha value is -2.82. The molecule has 0 saturated heterocycles. The fraction of sp³-hybridized carbons (Fsp3) is 0.333. The van der Waals surface area contributed by atoms with Crippen LogP contribution in [0.3, 0.4) is 0 Å². The molecule has 5 nitrogen and oxygen atoms in total. The van der Waals surface area contributed by atoms with Crippen molar-refractivity contribution in [2.24, 2.45) is 0 Å². The number of H-pyrrole nitrogens is 2. The van der Waals surface area contributed by atoms with E-state index >= 15 is 0 Å². The van der Waals surface area contributed by atoms with Crippen LogP contribution < -0.4 is 4.90 Å². The van der Waals surface area contributed by atoms with Gasteiger partial charge in [0.15, 0.2) is 5.82 Å². The molecule has 0 fully saturated rings. The predicted octanol–water partition coefficient (Wildman–Crippen LogP) is 4.61. The Morgan fingerprint density at radius 3 is 2.85 bits per heavy atom. The Morgan fingerprint density at radius 1 is 1.15 bits per heavy atom. The molecule has 1 aliphatic rings. The first-order valence-corrected chi connectivity index (χ1v) is 9.29. The van der Waals surface area contributed by atoms with Gasteiger partial charge in [0.25, 0.3) is 0 Å². The number of anilines is 1. The van der Waals surface area contributed by atoms with Crippen LogP contribution in [-0.4, -0.2) is 33.3 Å². The van der Waals surface area contributed by atoms with Gasteiger partial charge in [-0.3, -0.25) is 5.10 Å². The van der Waals surface area contributed by atoms with Crippen molar-refractivity contribution in [3.05, 3.63) is 42.0 Å². The van der Waals surface area contributed by atoms with Crippen LogP contribution in [0.5, 0.6) is 0 Å². The number of benzene rings is 2. The van der Waals surface area contributed by atoms with Gasteiger partial charge in [0.2, 0.25) is 0 Å². The maximum absolute atomic E-state index is 4.87. The summed E-state index contributed by atoms with van der Waals surface area (Å²) >= 11 is 0. The van der Waals surface area contributed by atoms with Crippen LogP contribution in [0.4, 0.5) is 5.69 Å². The number of hydrogen-bond donors (Lipinski definition) is 2. The van der Waals surface area contributed by atoms with Crippen molar-refractivity contribution in [3.63, 3.8) is 0 Å². The first kappa shape index (κ1) is 15.4. The SMILES string of the molecule is CCN1CCC(C)(C)c2cc3[nH]c(-c4n[nH]c5ccccc45)nc3cc21. The quantitative estimate of drug-likeness (QED) is 0.557. The Kier molecular flexibility index (Phi) is 3.17. The van der Waals surface area contributed by atoms with E-state index in [4.69, 9.17) is 4.98 Å². The molecule has 4 aromatic rings. The number of fused-ring (bicyclic) bond motifs is 3. The molecular weight excluding hydrogens is 322 g/mol. The number of hydrogen-bond acceptors (Lipinski definition) is 3. The third-order valence-electron chi connectivity index (χ3n) is 5.75. The summed E-state index contributed by atoms with van der Waals surface area (Å²) in [5.41, 5.74) is 6.89. The van der Waals surface area contributed by atoms with E-state index in [0.29, 0.717) is 0 Å². The fourth-order valence-corrected chi connectivity index (χ4v) is 4.10. The zero-order valence-electron chi connectivity index (χ0n) is 15.4. The molecule has 0 spiro atoms. The van der Waals surface area contributed by atoms with Crippen LogP contribution in [0.1, 0.15) is 32.8 Å². The van der Waals surface area contributed by atoms with Crippen LogP contribution in [0.25, 0.3) is 33.5 Å². The molecule has 5 rings (SSSR count). The zero-order valence-corrected chi connectivity index (χ0v) is 15.4. The van der Waals surface area contributed by atoms with E-state index in [1.54, 1.807) is 0 Å².